The van der Waals surface area contributed by atoms with Gasteiger partial charge in [-0.1, -0.05) is 0 Å². The molecule has 21 heavy (non-hydrogen) atoms. The van der Waals surface area contributed by atoms with Gasteiger partial charge < -0.3 is 20.1 Å². The first-order valence-electron chi connectivity index (χ1n) is 7.57. The SMILES string of the molecule is COc1cc2c(cc1C(=O)N1CCNC[C@@H](O)C1)CCC2. The third-order valence-corrected chi connectivity index (χ3v) is 4.30. The molecule has 1 aromatic carbocycles. The second-order valence-electron chi connectivity index (χ2n) is 5.78. The lowest BCUT2D eigenvalue weighted by Crippen LogP contribution is -2.38. The number of β-amino-alcohol motifs (C(OH)–C–C–N with tert-alkyl or cyclic N) is 1. The second kappa shape index (κ2) is 6.03. The number of aliphatic hydroxyl groups excluding tert-OH is 1. The van der Waals surface area contributed by atoms with Crippen LogP contribution in [0.4, 0.5) is 0 Å². The molecule has 114 valence electrons. The molecule has 1 atom stereocenters. The van der Waals surface area contributed by atoms with E-state index in [2.05, 4.69) is 5.32 Å². The monoisotopic (exact) mass is 290 g/mol. The number of hydrogen-bond donors (Lipinski definition) is 2. The van der Waals surface area contributed by atoms with E-state index < -0.39 is 6.10 Å². The lowest BCUT2D eigenvalue weighted by atomic mass is 10.0. The zero-order valence-electron chi connectivity index (χ0n) is 12.4. The number of hydrogen-bond acceptors (Lipinski definition) is 4. The molecular formula is C16H22N2O3. The third-order valence-electron chi connectivity index (χ3n) is 4.30. The van der Waals surface area contributed by atoms with Crippen molar-refractivity contribution < 1.29 is 14.6 Å². The molecule has 0 spiro atoms. The minimum Gasteiger partial charge on any atom is -0.496 e. The predicted molar refractivity (Wildman–Crippen MR) is 79.8 cm³/mol. The van der Waals surface area contributed by atoms with Crippen LogP contribution in [0.1, 0.15) is 27.9 Å². The fraction of sp³-hybridized carbons (Fsp3) is 0.562. The molecule has 1 aromatic rings. The largest absolute Gasteiger partial charge is 0.496 e. The Morgan fingerprint density at radius 3 is 2.90 bits per heavy atom. The molecule has 0 aromatic heterocycles. The average Bonchev–Trinajstić information content (AvgIpc) is 2.84. The van der Waals surface area contributed by atoms with Crippen molar-refractivity contribution in [2.45, 2.75) is 25.4 Å². The summed E-state index contributed by atoms with van der Waals surface area (Å²) < 4.78 is 5.42. The number of ether oxygens (including phenoxy) is 1. The van der Waals surface area contributed by atoms with Crippen molar-refractivity contribution in [2.75, 3.05) is 33.3 Å². The summed E-state index contributed by atoms with van der Waals surface area (Å²) in [6.45, 7) is 2.21. The van der Waals surface area contributed by atoms with Crippen LogP contribution in [0.15, 0.2) is 12.1 Å². The van der Waals surface area contributed by atoms with Crippen molar-refractivity contribution in [3.63, 3.8) is 0 Å². The third kappa shape index (κ3) is 2.89. The van der Waals surface area contributed by atoms with E-state index in [1.54, 1.807) is 12.0 Å². The van der Waals surface area contributed by atoms with Gasteiger partial charge >= 0.3 is 0 Å². The number of carbonyl (C=O) groups excluding carboxylic acids is 1. The van der Waals surface area contributed by atoms with Crippen LogP contribution in [0.3, 0.4) is 0 Å². The molecule has 2 N–H and O–H groups in total. The van der Waals surface area contributed by atoms with Crippen molar-refractivity contribution in [2.24, 2.45) is 0 Å². The van der Waals surface area contributed by atoms with E-state index in [0.29, 0.717) is 37.5 Å². The molecule has 5 heteroatoms. The second-order valence-corrected chi connectivity index (χ2v) is 5.78. The van der Waals surface area contributed by atoms with Crippen molar-refractivity contribution in [1.82, 2.24) is 10.2 Å². The molecule has 1 saturated heterocycles. The summed E-state index contributed by atoms with van der Waals surface area (Å²) in [6.07, 6.45) is 2.72. The highest BCUT2D eigenvalue weighted by atomic mass is 16.5. The zero-order valence-corrected chi connectivity index (χ0v) is 12.4. The number of aryl methyl sites for hydroxylation is 2. The van der Waals surface area contributed by atoms with Crippen molar-refractivity contribution >= 4 is 5.91 Å². The van der Waals surface area contributed by atoms with Gasteiger partial charge in [-0.05, 0) is 42.5 Å². The average molecular weight is 290 g/mol. The van der Waals surface area contributed by atoms with Gasteiger partial charge in [-0.2, -0.15) is 0 Å². The van der Waals surface area contributed by atoms with Gasteiger partial charge in [-0.15, -0.1) is 0 Å². The highest BCUT2D eigenvalue weighted by Crippen LogP contribution is 2.30. The Kier molecular flexibility index (Phi) is 4.12. The summed E-state index contributed by atoms with van der Waals surface area (Å²) in [5.41, 5.74) is 3.17. The predicted octanol–water partition coefficient (Wildman–Crippen LogP) is 0.590. The molecule has 1 amide bonds. The number of nitrogens with one attached hydrogen (secondary N) is 1. The van der Waals surface area contributed by atoms with E-state index >= 15 is 0 Å². The van der Waals surface area contributed by atoms with Gasteiger partial charge in [0.25, 0.3) is 5.91 Å². The molecule has 0 bridgehead atoms. The van der Waals surface area contributed by atoms with Gasteiger partial charge in [-0.3, -0.25) is 4.79 Å². The van der Waals surface area contributed by atoms with E-state index in [9.17, 15) is 9.90 Å². The first-order chi connectivity index (χ1) is 10.2. The first kappa shape index (κ1) is 14.4. The Morgan fingerprint density at radius 1 is 1.38 bits per heavy atom. The van der Waals surface area contributed by atoms with Crippen LogP contribution in [0, 0.1) is 0 Å². The minimum absolute atomic E-state index is 0.0516. The fourth-order valence-electron chi connectivity index (χ4n) is 3.19. The number of amides is 1. The maximum atomic E-state index is 12.8. The smallest absolute Gasteiger partial charge is 0.257 e. The zero-order chi connectivity index (χ0) is 14.8. The lowest BCUT2D eigenvalue weighted by Gasteiger charge is -2.23. The van der Waals surface area contributed by atoms with E-state index in [1.807, 2.05) is 12.1 Å². The Balaban J connectivity index is 1.89. The van der Waals surface area contributed by atoms with Crippen LogP contribution in [0.25, 0.3) is 0 Å². The number of benzene rings is 1. The summed E-state index contributed by atoms with van der Waals surface area (Å²) in [5, 5.41) is 13.0. The summed E-state index contributed by atoms with van der Waals surface area (Å²) in [7, 11) is 1.60. The van der Waals surface area contributed by atoms with Gasteiger partial charge in [0, 0.05) is 26.2 Å². The number of carbonyl (C=O) groups is 1. The van der Waals surface area contributed by atoms with Crippen molar-refractivity contribution in [1.29, 1.82) is 0 Å². The molecule has 1 aliphatic carbocycles. The summed E-state index contributed by atoms with van der Waals surface area (Å²) >= 11 is 0. The van der Waals surface area contributed by atoms with Crippen molar-refractivity contribution in [3.8, 4) is 5.75 Å². The maximum Gasteiger partial charge on any atom is 0.257 e. The first-order valence-corrected chi connectivity index (χ1v) is 7.57. The lowest BCUT2D eigenvalue weighted by molar-refractivity contribution is 0.0669. The molecule has 0 unspecified atom stereocenters. The van der Waals surface area contributed by atoms with Gasteiger partial charge in [0.2, 0.25) is 0 Å². The molecule has 3 rings (SSSR count). The fourth-order valence-corrected chi connectivity index (χ4v) is 3.19. The Bertz CT molecular complexity index is 545. The van der Waals surface area contributed by atoms with Gasteiger partial charge in [0.05, 0.1) is 18.8 Å². The van der Waals surface area contributed by atoms with E-state index in [-0.39, 0.29) is 5.91 Å². The summed E-state index contributed by atoms with van der Waals surface area (Å²) in [5.74, 6) is 0.594. The molecule has 1 heterocycles. The summed E-state index contributed by atoms with van der Waals surface area (Å²) in [4.78, 5) is 14.5. The van der Waals surface area contributed by atoms with Crippen LogP contribution in [0.2, 0.25) is 0 Å². The minimum atomic E-state index is -0.517. The normalized spacial score (nSPS) is 21.8. The van der Waals surface area contributed by atoms with Gasteiger partial charge in [0.15, 0.2) is 0 Å². The van der Waals surface area contributed by atoms with Crippen molar-refractivity contribution in [3.05, 3.63) is 28.8 Å². The molecule has 0 saturated carbocycles. The number of aliphatic hydroxyl groups is 1. The van der Waals surface area contributed by atoms with E-state index in [0.717, 1.165) is 19.3 Å². The van der Waals surface area contributed by atoms with E-state index in [4.69, 9.17) is 4.74 Å². The van der Waals surface area contributed by atoms with Crippen LogP contribution in [-0.2, 0) is 12.8 Å². The van der Waals surface area contributed by atoms with Crippen LogP contribution in [-0.4, -0.2) is 55.3 Å². The molecule has 2 aliphatic rings. The Hall–Kier alpha value is -1.59. The molecular weight excluding hydrogens is 268 g/mol. The maximum absolute atomic E-state index is 12.8. The molecule has 0 radical (unpaired) electrons. The van der Waals surface area contributed by atoms with Gasteiger partial charge in [-0.25, -0.2) is 0 Å². The Labute approximate surface area is 124 Å². The Morgan fingerprint density at radius 2 is 2.14 bits per heavy atom. The highest BCUT2D eigenvalue weighted by molar-refractivity contribution is 5.97. The van der Waals surface area contributed by atoms with Gasteiger partial charge in [0.1, 0.15) is 5.75 Å². The molecule has 1 aliphatic heterocycles. The number of methoxy groups -OCH3 is 1. The van der Waals surface area contributed by atoms with E-state index in [1.165, 1.54) is 11.1 Å². The number of fused-ring (bicyclic) bond motifs is 1. The number of nitrogens with zero attached hydrogens (tertiary/aromatic N) is 1. The summed E-state index contributed by atoms with van der Waals surface area (Å²) in [6, 6.07) is 3.98. The topological polar surface area (TPSA) is 61.8 Å². The van der Waals surface area contributed by atoms with Crippen LogP contribution < -0.4 is 10.1 Å². The molecule has 5 nitrogen and oxygen atoms in total. The quantitative estimate of drug-likeness (QED) is 0.837. The molecule has 1 fully saturated rings. The van der Waals surface area contributed by atoms with Crippen LogP contribution in [0.5, 0.6) is 5.75 Å². The van der Waals surface area contributed by atoms with Crippen LogP contribution >= 0.6 is 0 Å². The number of rotatable bonds is 2. The highest BCUT2D eigenvalue weighted by Gasteiger charge is 2.25. The standard InChI is InChI=1S/C16H22N2O3/c1-21-15-8-12-4-2-3-11(12)7-14(15)16(20)18-6-5-17-9-13(19)10-18/h7-8,13,17,19H,2-6,9-10H2,1H3/t13-/m1/s1.